The molecule has 0 aliphatic rings. The summed E-state index contributed by atoms with van der Waals surface area (Å²) in [6.45, 7) is 3.03. The van der Waals surface area contributed by atoms with Crippen molar-refractivity contribution in [2.75, 3.05) is 13.2 Å². The summed E-state index contributed by atoms with van der Waals surface area (Å²) in [5.41, 5.74) is -1.71. The standard InChI is InChI=1S/C6H9O4.C6H7O3.3Ag.2O/c1-5(10)6(2-7,3-8)4-9;1-2-3-5(4-7)6(8)9;;;;;/h7-8H,2-3H2,1H3;2,5H,1,3H2,(H,8,9);;;;;/q2*-1;;;;;. The number of carbonyl (C=O) groups excluding carboxylic acids is 3. The number of hydrogen-bond donors (Lipinski definition) is 3. The number of aliphatic hydroxyl groups excluding tert-OH is 2. The van der Waals surface area contributed by atoms with Crippen LogP contribution in [0, 0.1) is 11.3 Å². The van der Waals surface area contributed by atoms with E-state index < -0.39 is 36.3 Å². The van der Waals surface area contributed by atoms with Gasteiger partial charge in [0.25, 0.3) is 5.97 Å². The zero-order chi connectivity index (χ0) is 19.5. The third kappa shape index (κ3) is 16.8. The van der Waals surface area contributed by atoms with Crippen molar-refractivity contribution in [1.29, 1.82) is 0 Å². The van der Waals surface area contributed by atoms with Crippen molar-refractivity contribution in [1.82, 2.24) is 0 Å². The predicted molar refractivity (Wildman–Crippen MR) is 66.0 cm³/mol. The van der Waals surface area contributed by atoms with Crippen LogP contribution in [0.3, 0.4) is 0 Å². The van der Waals surface area contributed by atoms with Crippen molar-refractivity contribution in [3.05, 3.63) is 12.7 Å². The van der Waals surface area contributed by atoms with Crippen LogP contribution in [-0.2, 0) is 90.1 Å². The molecule has 1 atom stereocenters. The summed E-state index contributed by atoms with van der Waals surface area (Å²) in [7, 11) is 0. The number of hydrogen-bond acceptors (Lipinski definition) is 8. The van der Waals surface area contributed by atoms with Gasteiger partial charge in [0.05, 0.1) is 0 Å². The van der Waals surface area contributed by atoms with Crippen LogP contribution >= 0.6 is 0 Å². The average molecular weight is 628 g/mol. The Morgan fingerprint density at radius 2 is 1.54 bits per heavy atom. The second-order valence-electron chi connectivity index (χ2n) is 3.59. The minimum absolute atomic E-state index is 0. The third-order valence-electron chi connectivity index (χ3n) is 2.25. The van der Waals surface area contributed by atoms with Gasteiger partial charge in [0.1, 0.15) is 5.78 Å². The fourth-order valence-electron chi connectivity index (χ4n) is 0.775. The number of ketones is 1. The third-order valence-corrected chi connectivity index (χ3v) is 2.25. The van der Waals surface area contributed by atoms with Gasteiger partial charge in [-0.25, -0.2) is 12.6 Å². The Kier molecular flexibility index (Phi) is 36.9. The fourth-order valence-corrected chi connectivity index (χ4v) is 0.775. The molecule has 0 aliphatic carbocycles. The maximum atomic E-state index is 10.6. The molecule has 1 unspecified atom stereocenters. The van der Waals surface area contributed by atoms with Crippen LogP contribution in [0.1, 0.15) is 13.3 Å². The number of carbonyl (C=O) groups is 2. The first-order valence-corrected chi connectivity index (χ1v) is 6.64. The van der Waals surface area contributed by atoms with E-state index in [2.05, 4.69) is 6.58 Å². The van der Waals surface area contributed by atoms with Crippen LogP contribution in [0.5, 0.6) is 0 Å². The molecular formula is C12H16Ag3O9-2. The first-order valence-electron chi connectivity index (χ1n) is 5.43. The Morgan fingerprint density at radius 1 is 1.17 bits per heavy atom. The first-order chi connectivity index (χ1) is 10.8. The second kappa shape index (κ2) is 25.2. The summed E-state index contributed by atoms with van der Waals surface area (Å²) >= 11 is 3.40. The summed E-state index contributed by atoms with van der Waals surface area (Å²) < 4.78 is 16.1. The molecule has 0 saturated carbocycles. The summed E-state index contributed by atoms with van der Waals surface area (Å²) in [5, 5.41) is 25.2. The molecule has 0 aromatic rings. The molecule has 0 amide bonds. The summed E-state index contributed by atoms with van der Waals surface area (Å²) in [6, 6.07) is 0. The molecule has 153 valence electrons. The van der Waals surface area contributed by atoms with Crippen LogP contribution in [0.4, 0.5) is 0 Å². The van der Waals surface area contributed by atoms with Gasteiger partial charge in [-0.2, -0.15) is 0 Å². The second-order valence-corrected chi connectivity index (χ2v) is 3.59. The molecule has 12 heteroatoms. The van der Waals surface area contributed by atoms with Crippen molar-refractivity contribution >= 4 is 24.3 Å². The van der Waals surface area contributed by atoms with E-state index in [4.69, 9.17) is 21.8 Å². The number of Topliss-reactive ketones (excluding diaryl/α,β-unsaturated/α-hetero) is 1. The van der Waals surface area contributed by atoms with Gasteiger partial charge in [0.15, 0.2) is 0 Å². The van der Waals surface area contributed by atoms with Gasteiger partial charge >= 0.3 is 48.6 Å². The van der Waals surface area contributed by atoms with Crippen molar-refractivity contribution in [3.8, 4) is 0 Å². The zero-order valence-electron chi connectivity index (χ0n) is 12.2. The number of aliphatic hydroxyl groups is 2. The van der Waals surface area contributed by atoms with E-state index >= 15 is 0 Å². The molecule has 0 aromatic carbocycles. The molecule has 0 saturated heterocycles. The Morgan fingerprint density at radius 3 is 1.58 bits per heavy atom. The predicted octanol–water partition coefficient (Wildman–Crippen LogP) is -1.22. The Hall–Kier alpha value is -0.0392. The average Bonchev–Trinajstić information content (AvgIpc) is 2.58. The van der Waals surface area contributed by atoms with Gasteiger partial charge in [-0.05, 0) is 24.7 Å². The number of allylic oxidation sites excluding steroid dienone is 1. The topological polar surface area (TPSA) is 163 Å². The van der Waals surface area contributed by atoms with Gasteiger partial charge in [-0.3, -0.25) is 4.79 Å². The number of aliphatic carboxylic acids is 1. The molecule has 0 bridgehead atoms. The van der Waals surface area contributed by atoms with Crippen LogP contribution in [0.2, 0.25) is 0 Å². The Labute approximate surface area is 179 Å². The summed E-state index contributed by atoms with van der Waals surface area (Å²) in [4.78, 5) is 40.4. The number of carboxylic acids is 1. The van der Waals surface area contributed by atoms with Gasteiger partial charge in [-0.1, -0.05) is 6.08 Å². The van der Waals surface area contributed by atoms with Crippen LogP contribution in [0.25, 0.3) is 0 Å². The molecule has 0 aromatic heterocycles. The molecule has 9 nitrogen and oxygen atoms in total. The molecule has 0 aliphatic heterocycles. The normalized spacial score (nSPS) is 9.62. The molecule has 0 fully saturated rings. The first kappa shape index (κ1) is 35.1. The Bertz CT molecular complexity index is 371. The van der Waals surface area contributed by atoms with E-state index in [9.17, 15) is 19.2 Å². The summed E-state index contributed by atoms with van der Waals surface area (Å²) in [6.07, 6.45) is 4.23. The van der Waals surface area contributed by atoms with E-state index in [0.29, 0.717) is 0 Å². The minimum atomic E-state index is -1.71. The molecule has 0 heterocycles. The molecule has 0 spiro atoms. The van der Waals surface area contributed by atoms with E-state index in [1.54, 1.807) is 42.1 Å². The fraction of sp³-hybridized carbons (Fsp3) is 0.500. The number of carboxylic acid groups (broad SMARTS) is 1. The Balaban J connectivity index is -0.0000000802. The zero-order valence-corrected chi connectivity index (χ0v) is 16.6. The molecule has 24 heavy (non-hydrogen) atoms. The van der Waals surface area contributed by atoms with E-state index in [0.717, 1.165) is 6.92 Å². The van der Waals surface area contributed by atoms with E-state index in [1.165, 1.54) is 18.6 Å². The van der Waals surface area contributed by atoms with Crippen molar-refractivity contribution in [3.63, 3.8) is 0 Å². The maximum absolute atomic E-state index is 10.6. The molecular weight excluding hydrogens is 612 g/mol. The van der Waals surface area contributed by atoms with E-state index in [-0.39, 0.29) is 28.8 Å². The van der Waals surface area contributed by atoms with Gasteiger partial charge < -0.3 is 29.7 Å². The van der Waals surface area contributed by atoms with Crippen LogP contribution < -0.4 is 0 Å². The number of rotatable bonds is 8. The van der Waals surface area contributed by atoms with Gasteiger partial charge in [0, 0.05) is 35.6 Å². The van der Waals surface area contributed by atoms with E-state index in [1.807, 2.05) is 0 Å². The van der Waals surface area contributed by atoms with Crippen LogP contribution in [0.15, 0.2) is 12.7 Å². The van der Waals surface area contributed by atoms with Crippen molar-refractivity contribution in [2.45, 2.75) is 13.3 Å². The molecule has 0 rings (SSSR count). The van der Waals surface area contributed by atoms with Gasteiger partial charge in [0.2, 0.25) is 0 Å². The van der Waals surface area contributed by atoms with Crippen molar-refractivity contribution in [2.24, 2.45) is 11.3 Å². The SMILES string of the molecule is C=CCC([C-]=O)C(=O)O.CC(=O)C([C-]=O)(CO)CO.[Ag].[O]=[Ag].[O]=[Ag]. The molecule has 3 N–H and O–H groups in total. The quantitative estimate of drug-likeness (QED) is 0.130. The summed E-state index contributed by atoms with van der Waals surface area (Å²) in [5.74, 6) is -2.76. The van der Waals surface area contributed by atoms with Gasteiger partial charge in [-0.15, -0.1) is 6.58 Å². The van der Waals surface area contributed by atoms with Crippen molar-refractivity contribution < 1.29 is 105 Å². The van der Waals surface area contributed by atoms with Crippen LogP contribution in [-0.4, -0.2) is 52.9 Å². The monoisotopic (exact) mass is 625 g/mol. The molecule has 1 radical (unpaired) electrons.